The van der Waals surface area contributed by atoms with E-state index < -0.39 is 20.9 Å². The molecular weight excluding hydrogens is 370 g/mol. The van der Waals surface area contributed by atoms with Crippen LogP contribution in [0, 0.1) is 0 Å². The number of anilines is 1. The smallest absolute Gasteiger partial charge is 0.266 e. The number of carbonyl (C=O) groups excluding carboxylic acids is 2. The van der Waals surface area contributed by atoms with Crippen molar-refractivity contribution in [3.63, 3.8) is 0 Å². The predicted octanol–water partition coefficient (Wildman–Crippen LogP) is 2.43. The van der Waals surface area contributed by atoms with Crippen molar-refractivity contribution >= 4 is 37.2 Å². The zero-order valence-corrected chi connectivity index (χ0v) is 14.7. The van der Waals surface area contributed by atoms with E-state index in [0.717, 1.165) is 4.90 Å². The third-order valence-electron chi connectivity index (χ3n) is 3.77. The maximum absolute atomic E-state index is 12.6. The second-order valence-electron chi connectivity index (χ2n) is 5.13. The zero-order valence-electron chi connectivity index (χ0n) is 13.1. The van der Waals surface area contributed by atoms with Gasteiger partial charge in [-0.05, 0) is 36.4 Å². The first-order valence-electron chi connectivity index (χ1n) is 6.97. The molecule has 0 N–H and O–H groups in total. The molecule has 1 heterocycles. The fraction of sp³-hybridized carbons (Fsp3) is 0.125. The van der Waals surface area contributed by atoms with Gasteiger partial charge in [0, 0.05) is 10.7 Å². The molecule has 2 aromatic carbocycles. The van der Waals surface area contributed by atoms with Crippen LogP contribution >= 0.6 is 10.7 Å². The maximum atomic E-state index is 12.6. The standard InChI is InChI=1S/C16H12ClNO6S/c1-23-13-7-11-12(8-14(13)24-2)16(20)18(15(11)19)9-3-5-10(6-4-9)25(17,21)22/h3-8H,1-2H3. The lowest BCUT2D eigenvalue weighted by Gasteiger charge is -2.13. The third-order valence-corrected chi connectivity index (χ3v) is 5.14. The summed E-state index contributed by atoms with van der Waals surface area (Å²) >= 11 is 0. The first-order valence-corrected chi connectivity index (χ1v) is 9.28. The molecule has 0 bridgehead atoms. The van der Waals surface area contributed by atoms with E-state index in [2.05, 4.69) is 0 Å². The molecule has 2 aromatic rings. The van der Waals surface area contributed by atoms with E-state index in [9.17, 15) is 18.0 Å². The van der Waals surface area contributed by atoms with Gasteiger partial charge in [0.2, 0.25) is 0 Å². The Balaban J connectivity index is 2.05. The van der Waals surface area contributed by atoms with Crippen LogP contribution < -0.4 is 14.4 Å². The fourth-order valence-electron chi connectivity index (χ4n) is 2.56. The van der Waals surface area contributed by atoms with Crippen molar-refractivity contribution in [1.29, 1.82) is 0 Å². The summed E-state index contributed by atoms with van der Waals surface area (Å²) in [6.07, 6.45) is 0. The number of methoxy groups -OCH3 is 2. The van der Waals surface area contributed by atoms with Crippen LogP contribution in [-0.4, -0.2) is 34.5 Å². The number of rotatable bonds is 4. The summed E-state index contributed by atoms with van der Waals surface area (Å²) in [5.41, 5.74) is 0.585. The minimum Gasteiger partial charge on any atom is -0.493 e. The maximum Gasteiger partial charge on any atom is 0.266 e. The van der Waals surface area contributed by atoms with Crippen molar-refractivity contribution < 1.29 is 27.5 Å². The van der Waals surface area contributed by atoms with Crippen molar-refractivity contribution in [1.82, 2.24) is 0 Å². The molecule has 7 nitrogen and oxygen atoms in total. The lowest BCUT2D eigenvalue weighted by molar-refractivity contribution is 0.0926. The van der Waals surface area contributed by atoms with Gasteiger partial charge in [0.05, 0.1) is 35.9 Å². The van der Waals surface area contributed by atoms with E-state index in [1.165, 1.54) is 50.6 Å². The highest BCUT2D eigenvalue weighted by atomic mass is 35.7. The molecule has 130 valence electrons. The number of fused-ring (bicyclic) bond motifs is 1. The van der Waals surface area contributed by atoms with Crippen LogP contribution in [0.1, 0.15) is 20.7 Å². The Bertz CT molecular complexity index is 941. The Hall–Kier alpha value is -2.58. The molecule has 0 saturated carbocycles. The monoisotopic (exact) mass is 381 g/mol. The summed E-state index contributed by atoms with van der Waals surface area (Å²) in [6.45, 7) is 0. The Kier molecular flexibility index (Phi) is 4.18. The summed E-state index contributed by atoms with van der Waals surface area (Å²) in [6, 6.07) is 8.00. The van der Waals surface area contributed by atoms with Crippen molar-refractivity contribution in [2.75, 3.05) is 19.1 Å². The van der Waals surface area contributed by atoms with E-state index in [0.29, 0.717) is 11.5 Å². The van der Waals surface area contributed by atoms with E-state index in [1.807, 2.05) is 0 Å². The molecule has 25 heavy (non-hydrogen) atoms. The second kappa shape index (κ2) is 6.05. The number of hydrogen-bond acceptors (Lipinski definition) is 6. The van der Waals surface area contributed by atoms with Gasteiger partial charge in [0.15, 0.2) is 11.5 Å². The molecule has 2 amide bonds. The molecule has 0 unspecified atom stereocenters. The van der Waals surface area contributed by atoms with Gasteiger partial charge >= 0.3 is 0 Å². The highest BCUT2D eigenvalue weighted by molar-refractivity contribution is 8.13. The van der Waals surface area contributed by atoms with Gasteiger partial charge in [-0.3, -0.25) is 9.59 Å². The van der Waals surface area contributed by atoms with E-state index in [4.69, 9.17) is 20.2 Å². The van der Waals surface area contributed by atoms with E-state index in [1.54, 1.807) is 0 Å². The van der Waals surface area contributed by atoms with Gasteiger partial charge < -0.3 is 9.47 Å². The van der Waals surface area contributed by atoms with Gasteiger partial charge in [-0.1, -0.05) is 0 Å². The quantitative estimate of drug-likeness (QED) is 0.596. The van der Waals surface area contributed by atoms with Gasteiger partial charge in [0.1, 0.15) is 0 Å². The Morgan fingerprint density at radius 2 is 1.32 bits per heavy atom. The molecule has 0 aliphatic carbocycles. The summed E-state index contributed by atoms with van der Waals surface area (Å²) in [7, 11) is 4.22. The Morgan fingerprint density at radius 1 is 0.880 bits per heavy atom. The van der Waals surface area contributed by atoms with Gasteiger partial charge in [-0.2, -0.15) is 0 Å². The molecule has 0 saturated heterocycles. The van der Waals surface area contributed by atoms with Gasteiger partial charge in [0.25, 0.3) is 20.9 Å². The molecule has 3 rings (SSSR count). The van der Waals surface area contributed by atoms with Crippen LogP contribution in [0.3, 0.4) is 0 Å². The molecule has 0 aromatic heterocycles. The summed E-state index contributed by atoms with van der Waals surface area (Å²) in [5, 5.41) is 0. The van der Waals surface area contributed by atoms with Crippen LogP contribution in [0.5, 0.6) is 11.5 Å². The number of imide groups is 1. The number of hydrogen-bond donors (Lipinski definition) is 0. The summed E-state index contributed by atoms with van der Waals surface area (Å²) in [4.78, 5) is 26.1. The average molecular weight is 382 g/mol. The second-order valence-corrected chi connectivity index (χ2v) is 7.70. The Morgan fingerprint density at radius 3 is 1.68 bits per heavy atom. The number of nitrogens with zero attached hydrogens (tertiary/aromatic N) is 1. The normalized spacial score (nSPS) is 13.8. The molecule has 1 aliphatic heterocycles. The topological polar surface area (TPSA) is 90.0 Å². The van der Waals surface area contributed by atoms with Crippen LogP contribution in [0.2, 0.25) is 0 Å². The van der Waals surface area contributed by atoms with Gasteiger partial charge in [-0.25, -0.2) is 13.3 Å². The lowest BCUT2D eigenvalue weighted by atomic mass is 10.1. The molecule has 0 spiro atoms. The largest absolute Gasteiger partial charge is 0.493 e. The van der Waals surface area contributed by atoms with E-state index >= 15 is 0 Å². The third kappa shape index (κ3) is 2.83. The van der Waals surface area contributed by atoms with Crippen molar-refractivity contribution in [3.8, 4) is 11.5 Å². The zero-order chi connectivity index (χ0) is 18.4. The van der Waals surface area contributed by atoms with Crippen molar-refractivity contribution in [3.05, 3.63) is 47.5 Å². The number of benzene rings is 2. The average Bonchev–Trinajstić information content (AvgIpc) is 2.83. The number of halogens is 1. The highest BCUT2D eigenvalue weighted by Gasteiger charge is 2.38. The van der Waals surface area contributed by atoms with Crippen LogP contribution in [0.4, 0.5) is 5.69 Å². The minimum absolute atomic E-state index is 0.127. The SMILES string of the molecule is COc1cc2c(cc1OC)C(=O)N(c1ccc(S(=O)(=O)Cl)cc1)C2=O. The molecule has 9 heteroatoms. The van der Waals surface area contributed by atoms with Crippen molar-refractivity contribution in [2.24, 2.45) is 0 Å². The molecule has 1 aliphatic rings. The van der Waals surface area contributed by atoms with Crippen LogP contribution in [-0.2, 0) is 9.05 Å². The molecular formula is C16H12ClNO6S. The lowest BCUT2D eigenvalue weighted by Crippen LogP contribution is -2.29. The molecule has 0 fully saturated rings. The van der Waals surface area contributed by atoms with Crippen LogP contribution in [0.15, 0.2) is 41.3 Å². The summed E-state index contributed by atoms with van der Waals surface area (Å²) < 4.78 is 32.9. The van der Waals surface area contributed by atoms with Crippen molar-refractivity contribution in [2.45, 2.75) is 4.90 Å². The molecule has 0 atom stereocenters. The number of ether oxygens (including phenoxy) is 2. The number of carbonyl (C=O) groups is 2. The van der Waals surface area contributed by atoms with Crippen LogP contribution in [0.25, 0.3) is 0 Å². The first-order chi connectivity index (χ1) is 11.8. The Labute approximate surface area is 148 Å². The summed E-state index contributed by atoms with van der Waals surface area (Å²) in [5.74, 6) is -0.425. The molecule has 0 radical (unpaired) electrons. The highest BCUT2D eigenvalue weighted by Crippen LogP contribution is 2.36. The predicted molar refractivity (Wildman–Crippen MR) is 90.2 cm³/mol. The number of amides is 2. The fourth-order valence-corrected chi connectivity index (χ4v) is 3.33. The van der Waals surface area contributed by atoms with E-state index in [-0.39, 0.29) is 21.7 Å². The minimum atomic E-state index is -3.89. The first kappa shape index (κ1) is 17.2. The van der Waals surface area contributed by atoms with Gasteiger partial charge in [-0.15, -0.1) is 0 Å².